The van der Waals surface area contributed by atoms with E-state index in [-0.39, 0.29) is 24.3 Å². The first kappa shape index (κ1) is 13.5. The van der Waals surface area contributed by atoms with Crippen LogP contribution in [0.2, 0.25) is 0 Å². The van der Waals surface area contributed by atoms with Crippen molar-refractivity contribution in [2.45, 2.75) is 13.0 Å². The predicted molar refractivity (Wildman–Crippen MR) is 71.0 cm³/mol. The fourth-order valence-electron chi connectivity index (χ4n) is 1.92. The molecule has 0 saturated carbocycles. The minimum atomic E-state index is -0.440. The summed E-state index contributed by atoms with van der Waals surface area (Å²) in [6.45, 7) is 0.192. The molecule has 0 aliphatic carbocycles. The molecule has 0 fully saturated rings. The highest BCUT2D eigenvalue weighted by atomic mass is 19.1. The number of nitriles is 2. The summed E-state index contributed by atoms with van der Waals surface area (Å²) in [5.41, 5.74) is 0.800. The maximum absolute atomic E-state index is 12.9. The van der Waals surface area contributed by atoms with Gasteiger partial charge >= 0.3 is 0 Å². The van der Waals surface area contributed by atoms with Crippen LogP contribution in [0.15, 0.2) is 41.2 Å². The lowest BCUT2D eigenvalue weighted by Gasteiger charge is -2.12. The van der Waals surface area contributed by atoms with Gasteiger partial charge in [-0.05, 0) is 42.0 Å². The molecule has 0 saturated heterocycles. The molecule has 1 heterocycles. The summed E-state index contributed by atoms with van der Waals surface area (Å²) in [5.74, 6) is -0.367. The second-order valence-corrected chi connectivity index (χ2v) is 4.12. The lowest BCUT2D eigenvalue weighted by Crippen LogP contribution is -2.24. The molecule has 0 atom stereocenters. The van der Waals surface area contributed by atoms with Crippen LogP contribution in [-0.2, 0) is 6.54 Å². The summed E-state index contributed by atoms with van der Waals surface area (Å²) in [6, 6.07) is 12.6. The van der Waals surface area contributed by atoms with E-state index in [2.05, 4.69) is 0 Å². The monoisotopic (exact) mass is 267 g/mol. The Hall–Kier alpha value is -2.92. The van der Waals surface area contributed by atoms with Gasteiger partial charge in [-0.2, -0.15) is 10.5 Å². The largest absolute Gasteiger partial charge is 0.306 e. The van der Waals surface area contributed by atoms with E-state index in [9.17, 15) is 9.18 Å². The normalized spacial score (nSPS) is 9.75. The Bertz CT molecular complexity index is 764. The lowest BCUT2D eigenvalue weighted by molar-refractivity contribution is 0.627. The Morgan fingerprint density at radius 3 is 2.40 bits per heavy atom. The zero-order valence-electron chi connectivity index (χ0n) is 10.5. The van der Waals surface area contributed by atoms with Gasteiger partial charge in [0, 0.05) is 6.54 Å². The number of nitrogens with zero attached hydrogens (tertiary/aromatic N) is 3. The second-order valence-electron chi connectivity index (χ2n) is 4.12. The molecule has 0 N–H and O–H groups in total. The summed E-state index contributed by atoms with van der Waals surface area (Å²) in [6.07, 6.45) is 0.156. The number of hydrogen-bond acceptors (Lipinski definition) is 3. The fraction of sp³-hybridized carbons (Fsp3) is 0.133. The minimum Gasteiger partial charge on any atom is -0.306 e. The van der Waals surface area contributed by atoms with Gasteiger partial charge < -0.3 is 4.57 Å². The van der Waals surface area contributed by atoms with E-state index in [0.29, 0.717) is 11.3 Å². The van der Waals surface area contributed by atoms with Gasteiger partial charge in [0.15, 0.2) is 0 Å². The number of hydrogen-bond donors (Lipinski definition) is 0. The van der Waals surface area contributed by atoms with Crippen LogP contribution in [0.4, 0.5) is 4.39 Å². The highest BCUT2D eigenvalue weighted by Gasteiger charge is 2.10. The molecule has 0 aliphatic heterocycles. The van der Waals surface area contributed by atoms with Gasteiger partial charge in [0.2, 0.25) is 0 Å². The van der Waals surface area contributed by atoms with Crippen molar-refractivity contribution < 1.29 is 4.39 Å². The molecule has 2 rings (SSSR count). The molecular weight excluding hydrogens is 257 g/mol. The second kappa shape index (κ2) is 5.81. The van der Waals surface area contributed by atoms with Crippen LogP contribution in [0.1, 0.15) is 12.0 Å². The fourth-order valence-corrected chi connectivity index (χ4v) is 1.92. The van der Waals surface area contributed by atoms with Crippen LogP contribution in [-0.4, -0.2) is 4.57 Å². The molecular formula is C15H10FN3O. The van der Waals surface area contributed by atoms with E-state index in [4.69, 9.17) is 10.5 Å². The highest BCUT2D eigenvalue weighted by Crippen LogP contribution is 2.19. The van der Waals surface area contributed by atoms with Crippen LogP contribution in [0.3, 0.4) is 0 Å². The zero-order valence-corrected chi connectivity index (χ0v) is 10.5. The predicted octanol–water partition coefficient (Wildman–Crippen LogP) is 2.44. The number of benzene rings is 1. The Morgan fingerprint density at radius 1 is 1.10 bits per heavy atom. The molecule has 0 radical (unpaired) electrons. The standard InChI is InChI=1S/C15H10FN3O/c16-13-5-2-11(3-6-13)14-7-4-12(10-18)15(20)19(14)9-1-8-17/h2-7H,1,9H2. The van der Waals surface area contributed by atoms with Gasteiger partial charge in [-0.1, -0.05) is 0 Å². The Kier molecular flexibility index (Phi) is 3.93. The summed E-state index contributed by atoms with van der Waals surface area (Å²) in [4.78, 5) is 12.1. The smallest absolute Gasteiger partial charge is 0.268 e. The summed E-state index contributed by atoms with van der Waals surface area (Å²) < 4.78 is 14.3. The molecule has 0 unspecified atom stereocenters. The molecule has 1 aromatic carbocycles. The van der Waals surface area contributed by atoms with Gasteiger partial charge in [0.25, 0.3) is 5.56 Å². The van der Waals surface area contributed by atoms with Crippen LogP contribution in [0.25, 0.3) is 11.3 Å². The van der Waals surface area contributed by atoms with E-state index < -0.39 is 5.56 Å². The third kappa shape index (κ3) is 2.57. The highest BCUT2D eigenvalue weighted by molar-refractivity contribution is 5.60. The molecule has 2 aromatic rings. The minimum absolute atomic E-state index is 0.0220. The third-order valence-corrected chi connectivity index (χ3v) is 2.88. The van der Waals surface area contributed by atoms with E-state index >= 15 is 0 Å². The number of halogens is 1. The summed E-state index contributed by atoms with van der Waals surface area (Å²) >= 11 is 0. The van der Waals surface area contributed by atoms with E-state index in [1.807, 2.05) is 12.1 Å². The summed E-state index contributed by atoms with van der Waals surface area (Å²) in [7, 11) is 0. The van der Waals surface area contributed by atoms with Crippen LogP contribution >= 0.6 is 0 Å². The van der Waals surface area contributed by atoms with Gasteiger partial charge in [0.05, 0.1) is 18.2 Å². The van der Waals surface area contributed by atoms with Gasteiger partial charge in [0.1, 0.15) is 17.4 Å². The maximum atomic E-state index is 12.9. The van der Waals surface area contributed by atoms with Crippen molar-refractivity contribution in [2.75, 3.05) is 0 Å². The molecule has 0 bridgehead atoms. The van der Waals surface area contributed by atoms with Crippen LogP contribution in [0.5, 0.6) is 0 Å². The van der Waals surface area contributed by atoms with E-state index in [1.165, 1.54) is 22.8 Å². The topological polar surface area (TPSA) is 69.6 Å². The quantitative estimate of drug-likeness (QED) is 0.857. The van der Waals surface area contributed by atoms with Crippen molar-refractivity contribution in [3.8, 4) is 23.4 Å². The Balaban J connectivity index is 2.61. The third-order valence-electron chi connectivity index (χ3n) is 2.88. The Labute approximate surface area is 114 Å². The first-order valence-electron chi connectivity index (χ1n) is 5.94. The molecule has 4 nitrogen and oxygen atoms in total. The number of pyridine rings is 1. The van der Waals surface area contributed by atoms with Crippen LogP contribution in [0, 0.1) is 28.5 Å². The van der Waals surface area contributed by atoms with E-state index in [0.717, 1.165) is 0 Å². The van der Waals surface area contributed by atoms with Crippen molar-refractivity contribution in [1.82, 2.24) is 4.57 Å². The molecule has 5 heteroatoms. The van der Waals surface area contributed by atoms with Crippen molar-refractivity contribution >= 4 is 0 Å². The molecule has 0 spiro atoms. The Morgan fingerprint density at radius 2 is 1.80 bits per heavy atom. The number of aromatic nitrogens is 1. The average Bonchev–Trinajstić information content (AvgIpc) is 2.47. The molecule has 98 valence electrons. The average molecular weight is 267 g/mol. The lowest BCUT2D eigenvalue weighted by atomic mass is 10.1. The summed E-state index contributed by atoms with van der Waals surface area (Å²) in [5, 5.41) is 17.6. The zero-order chi connectivity index (χ0) is 14.5. The molecule has 20 heavy (non-hydrogen) atoms. The SMILES string of the molecule is N#CCCn1c(-c2ccc(F)cc2)ccc(C#N)c1=O. The van der Waals surface area contributed by atoms with Gasteiger partial charge in [-0.15, -0.1) is 0 Å². The van der Waals surface area contributed by atoms with Crippen molar-refractivity contribution in [3.05, 3.63) is 58.1 Å². The molecule has 0 aliphatic rings. The first-order valence-corrected chi connectivity index (χ1v) is 5.94. The van der Waals surface area contributed by atoms with Crippen molar-refractivity contribution in [1.29, 1.82) is 10.5 Å². The number of rotatable bonds is 3. The van der Waals surface area contributed by atoms with E-state index in [1.54, 1.807) is 18.2 Å². The van der Waals surface area contributed by atoms with Crippen molar-refractivity contribution in [3.63, 3.8) is 0 Å². The van der Waals surface area contributed by atoms with Gasteiger partial charge in [-0.3, -0.25) is 4.79 Å². The molecule has 0 amide bonds. The maximum Gasteiger partial charge on any atom is 0.268 e. The van der Waals surface area contributed by atoms with Gasteiger partial charge in [-0.25, -0.2) is 4.39 Å². The van der Waals surface area contributed by atoms with Crippen molar-refractivity contribution in [2.24, 2.45) is 0 Å². The molecule has 1 aromatic heterocycles. The first-order chi connectivity index (χ1) is 9.67. The van der Waals surface area contributed by atoms with Crippen LogP contribution < -0.4 is 5.56 Å².